The van der Waals surface area contributed by atoms with E-state index in [0.717, 1.165) is 5.56 Å². The lowest BCUT2D eigenvalue weighted by Crippen LogP contribution is -2.49. The van der Waals surface area contributed by atoms with Gasteiger partial charge in [-0.25, -0.2) is 4.79 Å². The maximum atomic E-state index is 11.7. The van der Waals surface area contributed by atoms with Crippen molar-refractivity contribution in [2.75, 3.05) is 14.2 Å². The molecule has 3 rings (SSSR count). The zero-order chi connectivity index (χ0) is 16.1. The standard InChI is InChI=1S/C16H18O6/c1-8-5-10-9(2)15(18)12(19-3)6-11(10)21-16(8)13(20-4)7-14(17)22-16/h6-8,18H,5H2,1-4H3. The van der Waals surface area contributed by atoms with E-state index in [4.69, 9.17) is 18.9 Å². The predicted octanol–water partition coefficient (Wildman–Crippen LogP) is 2.06. The molecule has 0 radical (unpaired) electrons. The maximum Gasteiger partial charge on any atom is 0.338 e. The smallest absolute Gasteiger partial charge is 0.338 e. The van der Waals surface area contributed by atoms with Crippen molar-refractivity contribution >= 4 is 5.97 Å². The monoisotopic (exact) mass is 306 g/mol. The quantitative estimate of drug-likeness (QED) is 0.843. The summed E-state index contributed by atoms with van der Waals surface area (Å²) >= 11 is 0. The summed E-state index contributed by atoms with van der Waals surface area (Å²) in [4.78, 5) is 11.7. The van der Waals surface area contributed by atoms with Crippen LogP contribution in [-0.4, -0.2) is 31.1 Å². The van der Waals surface area contributed by atoms with Gasteiger partial charge in [-0.2, -0.15) is 0 Å². The molecule has 0 amide bonds. The van der Waals surface area contributed by atoms with Crippen molar-refractivity contribution < 1.29 is 28.8 Å². The molecule has 1 aromatic carbocycles. The molecular weight excluding hydrogens is 288 g/mol. The van der Waals surface area contributed by atoms with Crippen LogP contribution < -0.4 is 9.47 Å². The summed E-state index contributed by atoms with van der Waals surface area (Å²) in [6.07, 6.45) is 1.87. The van der Waals surface area contributed by atoms with Crippen molar-refractivity contribution in [2.45, 2.75) is 26.1 Å². The van der Waals surface area contributed by atoms with Gasteiger partial charge in [0.25, 0.3) is 0 Å². The first-order chi connectivity index (χ1) is 10.4. The molecule has 1 spiro atoms. The van der Waals surface area contributed by atoms with Crippen LogP contribution in [0.15, 0.2) is 17.9 Å². The zero-order valence-corrected chi connectivity index (χ0v) is 12.9. The van der Waals surface area contributed by atoms with Crippen LogP contribution in [0.25, 0.3) is 0 Å². The summed E-state index contributed by atoms with van der Waals surface area (Å²) < 4.78 is 21.9. The van der Waals surface area contributed by atoms with E-state index < -0.39 is 11.8 Å². The molecule has 118 valence electrons. The molecule has 2 aliphatic heterocycles. The van der Waals surface area contributed by atoms with Gasteiger partial charge >= 0.3 is 11.8 Å². The van der Waals surface area contributed by atoms with Crippen molar-refractivity contribution in [2.24, 2.45) is 5.92 Å². The number of fused-ring (bicyclic) bond motifs is 1. The average Bonchev–Trinajstić information content (AvgIpc) is 2.82. The van der Waals surface area contributed by atoms with E-state index in [1.165, 1.54) is 20.3 Å². The molecule has 2 aliphatic rings. The number of esters is 1. The minimum Gasteiger partial charge on any atom is -0.504 e. The number of benzene rings is 1. The minimum atomic E-state index is -1.26. The summed E-state index contributed by atoms with van der Waals surface area (Å²) in [6.45, 7) is 3.72. The predicted molar refractivity (Wildman–Crippen MR) is 76.8 cm³/mol. The summed E-state index contributed by atoms with van der Waals surface area (Å²) in [6, 6.07) is 1.60. The Balaban J connectivity index is 2.12. The van der Waals surface area contributed by atoms with Gasteiger partial charge in [0, 0.05) is 23.1 Å². The highest BCUT2D eigenvalue weighted by Crippen LogP contribution is 2.49. The Morgan fingerprint density at radius 1 is 1.32 bits per heavy atom. The van der Waals surface area contributed by atoms with Crippen LogP contribution in [0.2, 0.25) is 0 Å². The van der Waals surface area contributed by atoms with Crippen molar-refractivity contribution in [3.8, 4) is 17.2 Å². The Morgan fingerprint density at radius 2 is 2.05 bits per heavy atom. The number of aromatic hydroxyl groups is 1. The lowest BCUT2D eigenvalue weighted by molar-refractivity contribution is -0.201. The van der Waals surface area contributed by atoms with E-state index in [1.54, 1.807) is 13.0 Å². The van der Waals surface area contributed by atoms with Crippen LogP contribution in [0.4, 0.5) is 0 Å². The van der Waals surface area contributed by atoms with E-state index >= 15 is 0 Å². The van der Waals surface area contributed by atoms with Crippen LogP contribution in [0.5, 0.6) is 17.2 Å². The first-order valence-corrected chi connectivity index (χ1v) is 7.00. The maximum absolute atomic E-state index is 11.7. The van der Waals surface area contributed by atoms with Crippen molar-refractivity contribution in [1.29, 1.82) is 0 Å². The third-order valence-electron chi connectivity index (χ3n) is 4.31. The van der Waals surface area contributed by atoms with Gasteiger partial charge in [-0.1, -0.05) is 6.92 Å². The average molecular weight is 306 g/mol. The lowest BCUT2D eigenvalue weighted by atomic mass is 9.86. The number of phenols is 1. The molecular formula is C16H18O6. The van der Waals surface area contributed by atoms with E-state index in [-0.39, 0.29) is 11.7 Å². The van der Waals surface area contributed by atoms with Crippen molar-refractivity contribution in [3.63, 3.8) is 0 Å². The highest BCUT2D eigenvalue weighted by molar-refractivity contribution is 5.86. The Kier molecular flexibility index (Phi) is 3.20. The molecule has 6 heteroatoms. The topological polar surface area (TPSA) is 74.2 Å². The normalized spacial score (nSPS) is 26.1. The second kappa shape index (κ2) is 4.83. The number of rotatable bonds is 2. The Morgan fingerprint density at radius 3 is 2.68 bits per heavy atom. The van der Waals surface area contributed by atoms with Gasteiger partial charge in [-0.3, -0.25) is 0 Å². The molecule has 22 heavy (non-hydrogen) atoms. The molecule has 0 saturated carbocycles. The Bertz CT molecular complexity index is 678. The second-order valence-corrected chi connectivity index (χ2v) is 5.54. The fourth-order valence-electron chi connectivity index (χ4n) is 3.04. The highest BCUT2D eigenvalue weighted by atomic mass is 16.7. The van der Waals surface area contributed by atoms with Crippen molar-refractivity contribution in [3.05, 3.63) is 29.0 Å². The van der Waals surface area contributed by atoms with Gasteiger partial charge in [-0.05, 0) is 13.3 Å². The van der Waals surface area contributed by atoms with Crippen LogP contribution in [0.1, 0.15) is 18.1 Å². The van der Waals surface area contributed by atoms with Gasteiger partial charge in [0.15, 0.2) is 17.3 Å². The summed E-state index contributed by atoms with van der Waals surface area (Å²) in [5, 5.41) is 10.1. The highest BCUT2D eigenvalue weighted by Gasteiger charge is 2.54. The third-order valence-corrected chi connectivity index (χ3v) is 4.31. The van der Waals surface area contributed by atoms with Gasteiger partial charge < -0.3 is 24.1 Å². The summed E-state index contributed by atoms with van der Waals surface area (Å²) in [7, 11) is 2.95. The summed E-state index contributed by atoms with van der Waals surface area (Å²) in [5.74, 6) is -0.637. The third kappa shape index (κ3) is 1.83. The molecule has 0 bridgehead atoms. The SMILES string of the molecule is COC1=CC(=O)OC12Oc1cc(OC)c(O)c(C)c1CC2C. The molecule has 1 N–H and O–H groups in total. The second-order valence-electron chi connectivity index (χ2n) is 5.54. The van der Waals surface area contributed by atoms with Gasteiger partial charge in [0.1, 0.15) is 5.75 Å². The summed E-state index contributed by atoms with van der Waals surface area (Å²) in [5.41, 5.74) is 1.57. The molecule has 1 aromatic rings. The van der Waals surface area contributed by atoms with Gasteiger partial charge in [0.2, 0.25) is 0 Å². The number of hydrogen-bond donors (Lipinski definition) is 1. The van der Waals surface area contributed by atoms with E-state index in [9.17, 15) is 9.90 Å². The molecule has 2 heterocycles. The molecule has 2 unspecified atom stereocenters. The molecule has 0 aromatic heterocycles. The van der Waals surface area contributed by atoms with Crippen LogP contribution in [-0.2, 0) is 20.7 Å². The van der Waals surface area contributed by atoms with E-state index in [1.807, 2.05) is 6.92 Å². The molecule has 6 nitrogen and oxygen atoms in total. The fraction of sp³-hybridized carbons (Fsp3) is 0.438. The number of methoxy groups -OCH3 is 2. The first-order valence-electron chi connectivity index (χ1n) is 7.00. The number of phenolic OH excluding ortho intramolecular Hbond substituents is 1. The van der Waals surface area contributed by atoms with E-state index in [0.29, 0.717) is 29.2 Å². The van der Waals surface area contributed by atoms with Crippen molar-refractivity contribution in [1.82, 2.24) is 0 Å². The fourth-order valence-corrected chi connectivity index (χ4v) is 3.04. The minimum absolute atomic E-state index is 0.0962. The number of carbonyl (C=O) groups is 1. The Hall–Kier alpha value is -2.37. The zero-order valence-electron chi connectivity index (χ0n) is 12.9. The van der Waals surface area contributed by atoms with Crippen LogP contribution in [0, 0.1) is 12.8 Å². The van der Waals surface area contributed by atoms with Crippen LogP contribution in [0.3, 0.4) is 0 Å². The van der Waals surface area contributed by atoms with Gasteiger partial charge in [-0.15, -0.1) is 0 Å². The molecule has 2 atom stereocenters. The lowest BCUT2D eigenvalue weighted by Gasteiger charge is -2.40. The number of ether oxygens (including phenoxy) is 4. The number of carbonyl (C=O) groups excluding carboxylic acids is 1. The largest absolute Gasteiger partial charge is 0.504 e. The molecule has 0 fully saturated rings. The molecule has 0 saturated heterocycles. The van der Waals surface area contributed by atoms with E-state index in [2.05, 4.69) is 0 Å². The Labute approximate surface area is 128 Å². The van der Waals surface area contributed by atoms with Gasteiger partial charge in [0.05, 0.1) is 20.3 Å². The first kappa shape index (κ1) is 14.6. The molecule has 0 aliphatic carbocycles. The number of hydrogen-bond acceptors (Lipinski definition) is 6. The van der Waals surface area contributed by atoms with Crippen LogP contribution >= 0.6 is 0 Å².